The molecule has 2 heterocycles. The Kier molecular flexibility index (Phi) is 4.82. The summed E-state index contributed by atoms with van der Waals surface area (Å²) in [5.41, 5.74) is 12.7. The average molecular weight is 575 g/mol. The SMILES string of the molecule is CC1(C)c2ccccc2-c2c(-n3c4ccccc4c4ccc5c(c6cc7ccccc7cc6n5-c5ccccc5)c43)cccc21. The molecule has 1 aliphatic rings. The van der Waals surface area contributed by atoms with Crippen molar-refractivity contribution >= 4 is 54.4 Å². The molecule has 0 radical (unpaired) electrons. The zero-order valence-corrected chi connectivity index (χ0v) is 25.3. The van der Waals surface area contributed by atoms with Gasteiger partial charge in [0.25, 0.3) is 0 Å². The van der Waals surface area contributed by atoms with E-state index in [0.717, 1.165) is 0 Å². The predicted octanol–water partition coefficient (Wildman–Crippen LogP) is 11.3. The van der Waals surface area contributed by atoms with Crippen LogP contribution < -0.4 is 0 Å². The summed E-state index contributed by atoms with van der Waals surface area (Å²) in [7, 11) is 0. The number of hydrogen-bond donors (Lipinski definition) is 0. The highest BCUT2D eigenvalue weighted by molar-refractivity contribution is 6.27. The van der Waals surface area contributed by atoms with Crippen LogP contribution in [-0.2, 0) is 5.41 Å². The molecule has 0 fully saturated rings. The van der Waals surface area contributed by atoms with Crippen molar-refractivity contribution in [2.75, 3.05) is 0 Å². The van der Waals surface area contributed by atoms with Gasteiger partial charge in [-0.15, -0.1) is 0 Å². The summed E-state index contributed by atoms with van der Waals surface area (Å²) in [4.78, 5) is 0. The lowest BCUT2D eigenvalue weighted by Crippen LogP contribution is -2.15. The number of benzene rings is 7. The molecule has 2 heteroatoms. The van der Waals surface area contributed by atoms with Gasteiger partial charge < -0.3 is 9.13 Å². The van der Waals surface area contributed by atoms with E-state index in [1.54, 1.807) is 0 Å². The van der Waals surface area contributed by atoms with Gasteiger partial charge in [0.1, 0.15) is 0 Å². The predicted molar refractivity (Wildman–Crippen MR) is 190 cm³/mol. The Morgan fingerprint density at radius 1 is 0.467 bits per heavy atom. The standard InChI is InChI=1S/C43H30N2/c1-43(2)34-19-10-8-18-32(34)40-35(43)20-12-22-37(40)45-36-21-11-9-17-30(36)31-23-24-38-41(42(31)45)33-25-27-13-6-7-14-28(27)26-39(33)44(38)29-15-4-3-5-16-29/h3-26H,1-2H3. The molecule has 0 saturated heterocycles. The van der Waals surface area contributed by atoms with Crippen molar-refractivity contribution in [3.8, 4) is 22.5 Å². The molecule has 2 nitrogen and oxygen atoms in total. The number of para-hydroxylation sites is 2. The zero-order valence-electron chi connectivity index (χ0n) is 25.3. The van der Waals surface area contributed by atoms with Crippen molar-refractivity contribution in [2.24, 2.45) is 0 Å². The second-order valence-corrected chi connectivity index (χ2v) is 13.0. The lowest BCUT2D eigenvalue weighted by Gasteiger charge is -2.22. The molecular weight excluding hydrogens is 544 g/mol. The zero-order chi connectivity index (χ0) is 29.9. The maximum Gasteiger partial charge on any atom is 0.0641 e. The first-order chi connectivity index (χ1) is 22.1. The minimum absolute atomic E-state index is 0.0712. The summed E-state index contributed by atoms with van der Waals surface area (Å²) in [5.74, 6) is 0. The molecule has 0 saturated carbocycles. The average Bonchev–Trinajstić information content (AvgIpc) is 3.67. The van der Waals surface area contributed by atoms with Crippen LogP contribution in [0.5, 0.6) is 0 Å². The summed E-state index contributed by atoms with van der Waals surface area (Å²) in [6.45, 7) is 4.73. The molecule has 0 N–H and O–H groups in total. The molecular formula is C43H30N2. The molecule has 10 rings (SSSR count). The van der Waals surface area contributed by atoms with Crippen molar-refractivity contribution in [1.82, 2.24) is 9.13 Å². The van der Waals surface area contributed by atoms with Crippen molar-refractivity contribution in [1.29, 1.82) is 0 Å². The van der Waals surface area contributed by atoms with E-state index in [4.69, 9.17) is 0 Å². The number of hydrogen-bond acceptors (Lipinski definition) is 0. The molecule has 0 amide bonds. The van der Waals surface area contributed by atoms with E-state index in [9.17, 15) is 0 Å². The summed E-state index contributed by atoms with van der Waals surface area (Å²) in [6, 6.07) is 53.8. The van der Waals surface area contributed by atoms with E-state index >= 15 is 0 Å². The molecule has 0 aliphatic heterocycles. The van der Waals surface area contributed by atoms with Crippen LogP contribution in [-0.4, -0.2) is 9.13 Å². The van der Waals surface area contributed by atoms with Gasteiger partial charge in [-0.3, -0.25) is 0 Å². The van der Waals surface area contributed by atoms with Crippen molar-refractivity contribution in [3.63, 3.8) is 0 Å². The Morgan fingerprint density at radius 3 is 2.04 bits per heavy atom. The van der Waals surface area contributed by atoms with Crippen LogP contribution in [0.1, 0.15) is 25.0 Å². The van der Waals surface area contributed by atoms with Crippen LogP contribution in [0.15, 0.2) is 146 Å². The van der Waals surface area contributed by atoms with Crippen LogP contribution in [0.2, 0.25) is 0 Å². The molecule has 9 aromatic rings. The highest BCUT2D eigenvalue weighted by atomic mass is 15.0. The van der Waals surface area contributed by atoms with Gasteiger partial charge in [-0.1, -0.05) is 117 Å². The lowest BCUT2D eigenvalue weighted by molar-refractivity contribution is 0.660. The fourth-order valence-electron chi connectivity index (χ4n) is 8.27. The van der Waals surface area contributed by atoms with Crippen LogP contribution in [0.4, 0.5) is 0 Å². The maximum absolute atomic E-state index is 2.56. The van der Waals surface area contributed by atoms with E-state index in [0.29, 0.717) is 0 Å². The van der Waals surface area contributed by atoms with Gasteiger partial charge in [0.05, 0.1) is 27.8 Å². The number of fused-ring (bicyclic) bond motifs is 11. The van der Waals surface area contributed by atoms with Gasteiger partial charge >= 0.3 is 0 Å². The van der Waals surface area contributed by atoms with Crippen LogP contribution in [0.25, 0.3) is 76.9 Å². The third-order valence-electron chi connectivity index (χ3n) is 10.3. The Balaban J connectivity index is 1.45. The van der Waals surface area contributed by atoms with Crippen molar-refractivity contribution in [2.45, 2.75) is 19.3 Å². The topological polar surface area (TPSA) is 9.86 Å². The molecule has 0 unspecified atom stereocenters. The van der Waals surface area contributed by atoms with Crippen molar-refractivity contribution < 1.29 is 0 Å². The highest BCUT2D eigenvalue weighted by Crippen LogP contribution is 2.52. The summed E-state index contributed by atoms with van der Waals surface area (Å²) >= 11 is 0. The van der Waals surface area contributed by atoms with Crippen LogP contribution >= 0.6 is 0 Å². The van der Waals surface area contributed by atoms with E-state index in [1.165, 1.54) is 88.0 Å². The summed E-state index contributed by atoms with van der Waals surface area (Å²) in [5, 5.41) is 7.63. The second-order valence-electron chi connectivity index (χ2n) is 13.0. The van der Waals surface area contributed by atoms with Gasteiger partial charge in [-0.25, -0.2) is 0 Å². The maximum atomic E-state index is 2.56. The number of rotatable bonds is 2. The Labute approximate surface area is 261 Å². The first-order valence-electron chi connectivity index (χ1n) is 15.8. The highest BCUT2D eigenvalue weighted by Gasteiger charge is 2.37. The van der Waals surface area contributed by atoms with E-state index < -0.39 is 0 Å². The van der Waals surface area contributed by atoms with Crippen LogP contribution in [0.3, 0.4) is 0 Å². The third-order valence-corrected chi connectivity index (χ3v) is 10.3. The molecule has 2 aromatic heterocycles. The lowest BCUT2D eigenvalue weighted by atomic mass is 9.82. The van der Waals surface area contributed by atoms with Gasteiger partial charge in [0, 0.05) is 38.2 Å². The smallest absolute Gasteiger partial charge is 0.0641 e. The minimum atomic E-state index is -0.0712. The van der Waals surface area contributed by atoms with E-state index in [1.807, 2.05) is 0 Å². The summed E-state index contributed by atoms with van der Waals surface area (Å²) in [6.07, 6.45) is 0. The van der Waals surface area contributed by atoms with Gasteiger partial charge in [0.2, 0.25) is 0 Å². The number of nitrogens with zero attached hydrogens (tertiary/aromatic N) is 2. The Bertz CT molecular complexity index is 2670. The molecule has 0 spiro atoms. The first-order valence-corrected chi connectivity index (χ1v) is 15.8. The first kappa shape index (κ1) is 24.8. The third kappa shape index (κ3) is 3.18. The van der Waals surface area contributed by atoms with E-state index in [2.05, 4.69) is 169 Å². The molecule has 0 atom stereocenters. The van der Waals surface area contributed by atoms with Gasteiger partial charge in [-0.05, 0) is 69.9 Å². The molecule has 0 bridgehead atoms. The van der Waals surface area contributed by atoms with Gasteiger partial charge in [0.15, 0.2) is 0 Å². The number of aromatic nitrogens is 2. The summed E-state index contributed by atoms with van der Waals surface area (Å²) < 4.78 is 5.01. The molecule has 7 aromatic carbocycles. The quantitative estimate of drug-likeness (QED) is 0.194. The monoisotopic (exact) mass is 574 g/mol. The van der Waals surface area contributed by atoms with Gasteiger partial charge in [-0.2, -0.15) is 0 Å². The normalized spacial score (nSPS) is 13.7. The fourth-order valence-corrected chi connectivity index (χ4v) is 8.27. The van der Waals surface area contributed by atoms with E-state index in [-0.39, 0.29) is 5.41 Å². The van der Waals surface area contributed by atoms with Crippen LogP contribution in [0, 0.1) is 0 Å². The minimum Gasteiger partial charge on any atom is -0.309 e. The molecule has 1 aliphatic carbocycles. The fraction of sp³-hybridized carbons (Fsp3) is 0.0698. The second kappa shape index (κ2) is 8.74. The largest absolute Gasteiger partial charge is 0.309 e. The molecule has 45 heavy (non-hydrogen) atoms. The Hall–Kier alpha value is -5.60. The Morgan fingerprint density at radius 2 is 1.18 bits per heavy atom. The van der Waals surface area contributed by atoms with Crippen molar-refractivity contribution in [3.05, 3.63) is 157 Å². The molecule has 212 valence electrons.